The highest BCUT2D eigenvalue weighted by Crippen LogP contribution is 2.39. The Hall–Kier alpha value is -7.56. The molecule has 0 fully saturated rings. The van der Waals surface area contributed by atoms with Gasteiger partial charge < -0.3 is 4.57 Å². The minimum Gasteiger partial charge on any atom is -0.309 e. The number of benzene rings is 8. The number of rotatable bonds is 6. The molecule has 0 N–H and O–H groups in total. The van der Waals surface area contributed by atoms with Crippen LogP contribution in [0.3, 0.4) is 0 Å². The summed E-state index contributed by atoms with van der Waals surface area (Å²) in [6.07, 6.45) is 0. The molecule has 0 aliphatic carbocycles. The van der Waals surface area contributed by atoms with Gasteiger partial charge in [0.15, 0.2) is 5.82 Å². The molecule has 0 saturated heterocycles. The largest absolute Gasteiger partial charge is 0.309 e. The molecule has 0 spiro atoms. The molecule has 262 valence electrons. The molecule has 4 heteroatoms. The maximum atomic E-state index is 5.27. The van der Waals surface area contributed by atoms with E-state index >= 15 is 0 Å². The van der Waals surface area contributed by atoms with Crippen LogP contribution in [0.4, 0.5) is 0 Å². The van der Waals surface area contributed by atoms with Gasteiger partial charge in [0, 0.05) is 44.4 Å². The molecule has 3 heterocycles. The lowest BCUT2D eigenvalue weighted by Gasteiger charge is -2.13. The fourth-order valence-corrected chi connectivity index (χ4v) is 8.31. The van der Waals surface area contributed by atoms with Crippen LogP contribution in [0.2, 0.25) is 0 Å². The van der Waals surface area contributed by atoms with Gasteiger partial charge in [-0.2, -0.15) is 0 Å². The van der Waals surface area contributed by atoms with Crippen LogP contribution < -0.4 is 0 Å². The number of hydrogen-bond donors (Lipinski definition) is 0. The van der Waals surface area contributed by atoms with Crippen LogP contribution in [-0.2, 0) is 0 Å². The van der Waals surface area contributed by atoms with Crippen molar-refractivity contribution in [3.63, 3.8) is 0 Å². The van der Waals surface area contributed by atoms with Gasteiger partial charge >= 0.3 is 0 Å². The highest BCUT2D eigenvalue weighted by atomic mass is 15.1. The van der Waals surface area contributed by atoms with E-state index in [1.165, 1.54) is 49.3 Å². The van der Waals surface area contributed by atoms with Crippen LogP contribution in [0.1, 0.15) is 0 Å². The van der Waals surface area contributed by atoms with Crippen molar-refractivity contribution in [1.82, 2.24) is 19.1 Å². The SMILES string of the molecule is c1ccc(-c2cccc(-c3cc(-n4c5ccccc5c5cc(-c6ccc7c(c6)c6ccccc6n7-c6ccccc6)ccc54)nc(-c4ccccc4)n3)c2)cc1. The van der Waals surface area contributed by atoms with E-state index in [0.717, 1.165) is 44.9 Å². The smallest absolute Gasteiger partial charge is 0.162 e. The Morgan fingerprint density at radius 3 is 1.43 bits per heavy atom. The van der Waals surface area contributed by atoms with Gasteiger partial charge in [0.05, 0.1) is 27.8 Å². The van der Waals surface area contributed by atoms with Crippen molar-refractivity contribution in [2.75, 3.05) is 0 Å². The summed E-state index contributed by atoms with van der Waals surface area (Å²) in [5, 5.41) is 4.84. The van der Waals surface area contributed by atoms with Crippen molar-refractivity contribution in [3.8, 4) is 56.4 Å². The summed E-state index contributed by atoms with van der Waals surface area (Å²) in [4.78, 5) is 10.4. The molecule has 0 radical (unpaired) electrons. The minimum atomic E-state index is 0.689. The van der Waals surface area contributed by atoms with Gasteiger partial charge in [-0.25, -0.2) is 9.97 Å². The minimum absolute atomic E-state index is 0.689. The molecule has 0 atom stereocenters. The Bertz CT molecular complexity index is 3230. The standard InChI is InChI=1S/C52H34N4/c1-4-15-35(16-5-1)37-19-14-20-40(31-37)46-34-51(54-52(53-46)36-17-6-2-7-18-36)56-48-26-13-11-24-43(48)45-33-39(28-30-50(45)56)38-27-29-49-44(32-38)42-23-10-12-25-47(42)55(49)41-21-8-3-9-22-41/h1-34H. The van der Waals surface area contributed by atoms with Gasteiger partial charge in [0.25, 0.3) is 0 Å². The summed E-state index contributed by atoms with van der Waals surface area (Å²) >= 11 is 0. The Labute approximate surface area is 324 Å². The molecule has 11 rings (SSSR count). The van der Waals surface area contributed by atoms with Crippen LogP contribution in [0.15, 0.2) is 206 Å². The predicted octanol–water partition coefficient (Wildman–Crippen LogP) is 13.3. The first-order chi connectivity index (χ1) is 27.8. The van der Waals surface area contributed by atoms with Gasteiger partial charge in [-0.1, -0.05) is 146 Å². The maximum absolute atomic E-state index is 5.27. The molecule has 0 aliphatic rings. The van der Waals surface area contributed by atoms with Crippen LogP contribution in [-0.4, -0.2) is 19.1 Å². The zero-order valence-corrected chi connectivity index (χ0v) is 30.4. The van der Waals surface area contributed by atoms with Crippen LogP contribution in [0.5, 0.6) is 0 Å². The van der Waals surface area contributed by atoms with Crippen molar-refractivity contribution in [2.45, 2.75) is 0 Å². The lowest BCUT2D eigenvalue weighted by molar-refractivity contribution is 1.05. The second-order valence-corrected chi connectivity index (χ2v) is 14.3. The Morgan fingerprint density at radius 2 is 0.768 bits per heavy atom. The highest BCUT2D eigenvalue weighted by molar-refractivity contribution is 6.12. The Balaban J connectivity index is 1.09. The molecule has 0 saturated carbocycles. The normalized spacial score (nSPS) is 11.6. The molecule has 3 aromatic heterocycles. The third-order valence-corrected chi connectivity index (χ3v) is 10.9. The van der Waals surface area contributed by atoms with E-state index in [9.17, 15) is 0 Å². The number of nitrogens with zero attached hydrogens (tertiary/aromatic N) is 4. The number of fused-ring (bicyclic) bond motifs is 6. The molecular weight excluding hydrogens is 681 g/mol. The lowest BCUT2D eigenvalue weighted by atomic mass is 10.0. The van der Waals surface area contributed by atoms with Gasteiger partial charge in [0.1, 0.15) is 5.82 Å². The third kappa shape index (κ3) is 5.31. The van der Waals surface area contributed by atoms with Crippen LogP contribution in [0, 0.1) is 0 Å². The molecule has 8 aromatic carbocycles. The maximum Gasteiger partial charge on any atom is 0.162 e. The topological polar surface area (TPSA) is 35.6 Å². The Morgan fingerprint density at radius 1 is 0.286 bits per heavy atom. The number of para-hydroxylation sites is 3. The van der Waals surface area contributed by atoms with E-state index in [2.05, 4.69) is 197 Å². The zero-order chi connectivity index (χ0) is 37.0. The summed E-state index contributed by atoms with van der Waals surface area (Å²) < 4.78 is 4.66. The van der Waals surface area contributed by atoms with Gasteiger partial charge in [-0.05, 0) is 76.9 Å². The zero-order valence-electron chi connectivity index (χ0n) is 30.4. The fraction of sp³-hybridized carbons (Fsp3) is 0. The number of aromatic nitrogens is 4. The summed E-state index contributed by atoms with van der Waals surface area (Å²) in [6.45, 7) is 0. The predicted molar refractivity (Wildman–Crippen MR) is 232 cm³/mol. The van der Waals surface area contributed by atoms with Gasteiger partial charge in [-0.3, -0.25) is 4.57 Å². The summed E-state index contributed by atoms with van der Waals surface area (Å²) in [7, 11) is 0. The molecule has 0 bridgehead atoms. The number of hydrogen-bond acceptors (Lipinski definition) is 2. The van der Waals surface area contributed by atoms with Crippen molar-refractivity contribution >= 4 is 43.6 Å². The summed E-state index contributed by atoms with van der Waals surface area (Å²) in [5.74, 6) is 1.52. The van der Waals surface area contributed by atoms with Crippen LogP contribution >= 0.6 is 0 Å². The summed E-state index contributed by atoms with van der Waals surface area (Å²) in [5.41, 5.74) is 13.3. The molecule has 0 aliphatic heterocycles. The average molecular weight is 715 g/mol. The first kappa shape index (κ1) is 31.9. The highest BCUT2D eigenvalue weighted by Gasteiger charge is 2.18. The molecule has 56 heavy (non-hydrogen) atoms. The first-order valence-electron chi connectivity index (χ1n) is 19.0. The van der Waals surface area contributed by atoms with Crippen molar-refractivity contribution in [2.24, 2.45) is 0 Å². The third-order valence-electron chi connectivity index (χ3n) is 10.9. The molecule has 11 aromatic rings. The fourth-order valence-electron chi connectivity index (χ4n) is 8.31. The average Bonchev–Trinajstić information content (AvgIpc) is 3.79. The van der Waals surface area contributed by atoms with E-state index in [1.54, 1.807) is 0 Å². The monoisotopic (exact) mass is 714 g/mol. The molecule has 0 amide bonds. The Kier molecular flexibility index (Phi) is 7.46. The van der Waals surface area contributed by atoms with E-state index in [-0.39, 0.29) is 0 Å². The van der Waals surface area contributed by atoms with E-state index in [0.29, 0.717) is 5.82 Å². The van der Waals surface area contributed by atoms with Crippen molar-refractivity contribution < 1.29 is 0 Å². The van der Waals surface area contributed by atoms with E-state index in [4.69, 9.17) is 9.97 Å². The van der Waals surface area contributed by atoms with Crippen LogP contribution in [0.25, 0.3) is 100 Å². The second kappa shape index (κ2) is 13.1. The summed E-state index contributed by atoms with van der Waals surface area (Å²) in [6, 6.07) is 73.2. The van der Waals surface area contributed by atoms with Gasteiger partial charge in [-0.15, -0.1) is 0 Å². The molecular formula is C52H34N4. The first-order valence-corrected chi connectivity index (χ1v) is 19.0. The van der Waals surface area contributed by atoms with E-state index < -0.39 is 0 Å². The van der Waals surface area contributed by atoms with E-state index in [1.807, 2.05) is 18.2 Å². The quantitative estimate of drug-likeness (QED) is 0.172. The molecule has 0 unspecified atom stereocenters. The molecule has 4 nitrogen and oxygen atoms in total. The van der Waals surface area contributed by atoms with Gasteiger partial charge in [0.2, 0.25) is 0 Å². The van der Waals surface area contributed by atoms with Crippen molar-refractivity contribution in [3.05, 3.63) is 206 Å². The van der Waals surface area contributed by atoms with Crippen molar-refractivity contribution in [1.29, 1.82) is 0 Å². The lowest BCUT2D eigenvalue weighted by Crippen LogP contribution is -2.02. The second-order valence-electron chi connectivity index (χ2n) is 14.3.